The van der Waals surface area contributed by atoms with Gasteiger partial charge in [-0.2, -0.15) is 13.2 Å². The molecule has 15 heteroatoms. The first-order valence-corrected chi connectivity index (χ1v) is 14.2. The van der Waals surface area contributed by atoms with Crippen molar-refractivity contribution in [1.29, 1.82) is 0 Å². The number of thioether (sulfide) groups is 1. The molecule has 0 saturated carbocycles. The summed E-state index contributed by atoms with van der Waals surface area (Å²) < 4.78 is 36.7. The molecule has 4 rings (SSSR count). The molecule has 1 atom stereocenters. The van der Waals surface area contributed by atoms with Crippen molar-refractivity contribution in [3.63, 3.8) is 0 Å². The molecule has 1 aliphatic carbocycles. The predicted octanol–water partition coefficient (Wildman–Crippen LogP) is 3.97. The van der Waals surface area contributed by atoms with Gasteiger partial charge >= 0.3 is 24.1 Å². The van der Waals surface area contributed by atoms with Crippen LogP contribution in [-0.4, -0.2) is 64.5 Å². The lowest BCUT2D eigenvalue weighted by molar-refractivity contribution is -0.192. The molecule has 2 aliphatic rings. The van der Waals surface area contributed by atoms with E-state index in [1.807, 2.05) is 42.5 Å². The summed E-state index contributed by atoms with van der Waals surface area (Å²) >= 11 is 1.29. The minimum absolute atomic E-state index is 0.0538. The Kier molecular flexibility index (Phi) is 14.0. The second kappa shape index (κ2) is 17.4. The normalized spacial score (nSPS) is 14.7. The first kappa shape index (κ1) is 37.0. The Balaban J connectivity index is 0.000000268. The van der Waals surface area contributed by atoms with Crippen LogP contribution in [0.2, 0.25) is 0 Å². The van der Waals surface area contributed by atoms with Gasteiger partial charge in [-0.3, -0.25) is 19.3 Å². The van der Waals surface area contributed by atoms with E-state index < -0.39 is 36.5 Å². The maximum atomic E-state index is 12.6. The van der Waals surface area contributed by atoms with E-state index in [4.69, 9.17) is 31.2 Å². The van der Waals surface area contributed by atoms with Crippen LogP contribution < -0.4 is 16.4 Å². The number of halogens is 3. The SMILES string of the molecule is CCOC(=O)C1=C(C(N)=O)SC2C=CC=CC=C12.NCc1cccc(C(=O)N(CC(=O)O)c2ccccc2)c1.O=C(O)C(F)(F)F. The molecular weight excluding hydrogens is 631 g/mol. The van der Waals surface area contributed by atoms with E-state index in [9.17, 15) is 32.3 Å². The van der Waals surface area contributed by atoms with Crippen LogP contribution in [-0.2, 0) is 30.5 Å². The van der Waals surface area contributed by atoms with Crippen molar-refractivity contribution in [3.05, 3.63) is 112 Å². The lowest BCUT2D eigenvalue weighted by Gasteiger charge is -2.21. The highest BCUT2D eigenvalue weighted by molar-refractivity contribution is 8.05. The highest BCUT2D eigenvalue weighted by Crippen LogP contribution is 2.43. The Morgan fingerprint density at radius 2 is 1.63 bits per heavy atom. The number of alkyl halides is 3. The summed E-state index contributed by atoms with van der Waals surface area (Å²) in [5, 5.41) is 16.1. The van der Waals surface area contributed by atoms with E-state index in [1.165, 1.54) is 16.7 Å². The van der Waals surface area contributed by atoms with Crippen LogP contribution >= 0.6 is 11.8 Å². The fourth-order valence-electron chi connectivity index (χ4n) is 3.84. The van der Waals surface area contributed by atoms with Crippen LogP contribution in [0.1, 0.15) is 22.8 Å². The summed E-state index contributed by atoms with van der Waals surface area (Å²) in [6.45, 7) is 1.92. The summed E-state index contributed by atoms with van der Waals surface area (Å²) in [5.41, 5.74) is 13.8. The third-order valence-electron chi connectivity index (χ3n) is 5.81. The molecule has 2 aromatic carbocycles. The first-order chi connectivity index (χ1) is 21.7. The van der Waals surface area contributed by atoms with Crippen molar-refractivity contribution in [2.24, 2.45) is 11.5 Å². The van der Waals surface area contributed by atoms with Gasteiger partial charge in [-0.25, -0.2) is 9.59 Å². The standard InChI is InChI=1S/C16H16N2O3.C13H13NO3S.C2HF3O2/c17-10-12-5-4-6-13(9-12)16(21)18(11-15(19)20)14-7-2-1-3-8-14;1-2-17-13(16)10-8-6-4-3-5-7-9(8)18-11(10)12(14)15;3-2(4,5)1(6)7/h1-9H,10-11,17H2,(H,19,20);3-7,9H,2H2,1H3,(H2,14,15);(H,6,7). The highest BCUT2D eigenvalue weighted by atomic mass is 32.2. The molecule has 1 unspecified atom stereocenters. The average Bonchev–Trinajstić information content (AvgIpc) is 3.23. The molecule has 0 fully saturated rings. The summed E-state index contributed by atoms with van der Waals surface area (Å²) in [6, 6.07) is 15.6. The van der Waals surface area contributed by atoms with Crippen LogP contribution in [0.15, 0.2) is 101 Å². The van der Waals surface area contributed by atoms with E-state index >= 15 is 0 Å². The van der Waals surface area contributed by atoms with Gasteiger partial charge in [-0.1, -0.05) is 60.7 Å². The first-order valence-electron chi connectivity index (χ1n) is 13.3. The zero-order chi connectivity index (χ0) is 34.4. The molecule has 0 radical (unpaired) electrons. The average molecular weight is 662 g/mol. The van der Waals surface area contributed by atoms with E-state index in [0.717, 1.165) is 11.1 Å². The van der Waals surface area contributed by atoms with Gasteiger partial charge in [0.15, 0.2) is 0 Å². The monoisotopic (exact) mass is 661 g/mol. The van der Waals surface area contributed by atoms with E-state index in [-0.39, 0.29) is 22.7 Å². The van der Waals surface area contributed by atoms with E-state index in [2.05, 4.69) is 0 Å². The van der Waals surface area contributed by atoms with Gasteiger partial charge in [-0.05, 0) is 42.3 Å². The number of nitrogens with zero attached hydrogens (tertiary/aromatic N) is 1. The van der Waals surface area contributed by atoms with E-state index in [0.29, 0.717) is 23.4 Å². The number of carbonyl (C=O) groups is 5. The number of esters is 1. The van der Waals surface area contributed by atoms with Gasteiger partial charge in [0, 0.05) is 17.8 Å². The maximum Gasteiger partial charge on any atom is 0.490 e. The molecule has 11 nitrogen and oxygen atoms in total. The van der Waals surface area contributed by atoms with Gasteiger partial charge in [0.25, 0.3) is 11.8 Å². The Morgan fingerprint density at radius 1 is 0.978 bits per heavy atom. The van der Waals surface area contributed by atoms with Crippen LogP contribution in [0.4, 0.5) is 18.9 Å². The quantitative estimate of drug-likeness (QED) is 0.301. The van der Waals surface area contributed by atoms with Gasteiger partial charge in [0.1, 0.15) is 6.54 Å². The van der Waals surface area contributed by atoms with Gasteiger partial charge < -0.3 is 26.4 Å². The molecule has 244 valence electrons. The topological polar surface area (TPSA) is 190 Å². The molecule has 0 aromatic heterocycles. The number of carboxylic acid groups (broad SMARTS) is 2. The number of rotatable bonds is 8. The fraction of sp³-hybridized carbons (Fsp3) is 0.194. The highest BCUT2D eigenvalue weighted by Gasteiger charge is 2.38. The Hall–Kier alpha value is -5.15. The second-order valence-corrected chi connectivity index (χ2v) is 10.2. The molecular formula is C31H30F3N3O8S. The second-order valence-electron chi connectivity index (χ2n) is 9.05. The molecule has 0 spiro atoms. The fourth-order valence-corrected chi connectivity index (χ4v) is 5.02. The molecule has 0 bridgehead atoms. The van der Waals surface area contributed by atoms with E-state index in [1.54, 1.807) is 49.4 Å². The molecule has 2 amide bonds. The lowest BCUT2D eigenvalue weighted by Crippen LogP contribution is -2.35. The number of ether oxygens (including phenoxy) is 1. The largest absolute Gasteiger partial charge is 0.490 e. The van der Waals surface area contributed by atoms with Crippen molar-refractivity contribution in [2.75, 3.05) is 18.1 Å². The zero-order valence-electron chi connectivity index (χ0n) is 24.3. The van der Waals surface area contributed by atoms with Crippen molar-refractivity contribution < 1.29 is 52.1 Å². The third-order valence-corrected chi connectivity index (χ3v) is 7.12. The number of benzene rings is 2. The number of allylic oxidation sites excluding steroid dienone is 4. The van der Waals surface area contributed by atoms with Crippen molar-refractivity contribution in [2.45, 2.75) is 24.9 Å². The third kappa shape index (κ3) is 10.8. The van der Waals surface area contributed by atoms with Gasteiger partial charge in [0.2, 0.25) is 0 Å². The Morgan fingerprint density at radius 3 is 2.17 bits per heavy atom. The predicted molar refractivity (Wildman–Crippen MR) is 164 cm³/mol. The van der Waals surface area contributed by atoms with Gasteiger partial charge in [0.05, 0.1) is 22.3 Å². The summed E-state index contributed by atoms with van der Waals surface area (Å²) in [5.74, 6) is -5.26. The summed E-state index contributed by atoms with van der Waals surface area (Å²) in [6.07, 6.45) is 4.25. The lowest BCUT2D eigenvalue weighted by atomic mass is 10.0. The molecule has 1 aliphatic heterocycles. The number of primary amides is 1. The van der Waals surface area contributed by atoms with Crippen LogP contribution in [0, 0.1) is 0 Å². The Bertz CT molecular complexity index is 1570. The number of nitrogens with two attached hydrogens (primary N) is 2. The number of para-hydroxylation sites is 1. The molecule has 6 N–H and O–H groups in total. The maximum absolute atomic E-state index is 12.6. The number of anilines is 1. The number of fused-ring (bicyclic) bond motifs is 1. The number of amides is 2. The number of aliphatic carboxylic acids is 2. The molecule has 46 heavy (non-hydrogen) atoms. The number of carboxylic acids is 2. The van der Waals surface area contributed by atoms with Crippen LogP contribution in [0.3, 0.4) is 0 Å². The van der Waals surface area contributed by atoms with Crippen LogP contribution in [0.25, 0.3) is 0 Å². The summed E-state index contributed by atoms with van der Waals surface area (Å²) in [4.78, 5) is 57.4. The Labute approximate surface area is 265 Å². The minimum Gasteiger partial charge on any atom is -0.480 e. The molecule has 0 saturated heterocycles. The number of hydrogen-bond acceptors (Lipinski definition) is 8. The number of hydrogen-bond donors (Lipinski definition) is 4. The zero-order valence-corrected chi connectivity index (χ0v) is 25.1. The number of carbonyl (C=O) groups excluding carboxylic acids is 3. The van der Waals surface area contributed by atoms with Crippen LogP contribution in [0.5, 0.6) is 0 Å². The smallest absolute Gasteiger partial charge is 0.480 e. The summed E-state index contributed by atoms with van der Waals surface area (Å²) in [7, 11) is 0. The molecule has 1 heterocycles. The van der Waals surface area contributed by atoms with Crippen molar-refractivity contribution in [1.82, 2.24) is 0 Å². The minimum atomic E-state index is -5.08. The van der Waals surface area contributed by atoms with Gasteiger partial charge in [-0.15, -0.1) is 11.8 Å². The molecule has 2 aromatic rings. The van der Waals surface area contributed by atoms with Crippen molar-refractivity contribution in [3.8, 4) is 0 Å². The van der Waals surface area contributed by atoms with Crippen molar-refractivity contribution >= 4 is 47.2 Å².